The lowest BCUT2D eigenvalue weighted by molar-refractivity contribution is 0.0602. The lowest BCUT2D eigenvalue weighted by Crippen LogP contribution is -2.18. The van der Waals surface area contributed by atoms with Crippen LogP contribution in [0.1, 0.15) is 30.6 Å². The van der Waals surface area contributed by atoms with E-state index in [0.717, 1.165) is 23.6 Å². The molecule has 1 unspecified atom stereocenters. The van der Waals surface area contributed by atoms with Crippen LogP contribution < -0.4 is 11.1 Å². The number of ether oxygens (including phenoxy) is 1. The van der Waals surface area contributed by atoms with Gasteiger partial charge < -0.3 is 15.8 Å². The van der Waals surface area contributed by atoms with E-state index in [4.69, 9.17) is 10.5 Å². The van der Waals surface area contributed by atoms with Crippen LogP contribution in [-0.4, -0.2) is 30.6 Å². The molecule has 0 radical (unpaired) electrons. The number of hydrogen-bond acceptors (Lipinski definition) is 5. The van der Waals surface area contributed by atoms with Crippen molar-refractivity contribution in [2.24, 2.45) is 0 Å². The molecule has 0 saturated heterocycles. The molecule has 5 heteroatoms. The first-order chi connectivity index (χ1) is 9.08. The Morgan fingerprint density at radius 1 is 1.53 bits per heavy atom. The molecule has 19 heavy (non-hydrogen) atoms. The number of anilines is 2. The van der Waals surface area contributed by atoms with Gasteiger partial charge in [-0.15, -0.1) is 0 Å². The fraction of sp³-hybridized carbons (Fsp3) is 0.500. The number of thioether (sulfide) groups is 1. The predicted molar refractivity (Wildman–Crippen MR) is 82.9 cm³/mol. The first kappa shape index (κ1) is 15.7. The third kappa shape index (κ3) is 5.03. The van der Waals surface area contributed by atoms with Crippen LogP contribution in [0.15, 0.2) is 18.2 Å². The van der Waals surface area contributed by atoms with Crippen LogP contribution in [0.4, 0.5) is 11.4 Å². The molecule has 0 aliphatic rings. The maximum Gasteiger partial charge on any atom is 0.340 e. The van der Waals surface area contributed by atoms with E-state index in [2.05, 4.69) is 19.2 Å². The molecule has 3 N–H and O–H groups in total. The van der Waals surface area contributed by atoms with Crippen LogP contribution >= 0.6 is 11.8 Å². The molecular formula is C14H22N2O2S. The molecule has 0 heterocycles. The van der Waals surface area contributed by atoms with Crippen LogP contribution in [-0.2, 0) is 4.74 Å². The largest absolute Gasteiger partial charge is 0.465 e. The van der Waals surface area contributed by atoms with Crippen molar-refractivity contribution in [3.05, 3.63) is 23.8 Å². The molecule has 1 aromatic rings. The number of esters is 1. The Labute approximate surface area is 119 Å². The summed E-state index contributed by atoms with van der Waals surface area (Å²) in [5.41, 5.74) is 7.52. The van der Waals surface area contributed by atoms with Crippen LogP contribution in [0, 0.1) is 0 Å². The first-order valence-electron chi connectivity index (χ1n) is 6.40. The first-order valence-corrected chi connectivity index (χ1v) is 7.56. The van der Waals surface area contributed by atoms with Crippen molar-refractivity contribution in [3.8, 4) is 0 Å². The van der Waals surface area contributed by atoms with Gasteiger partial charge in [0, 0.05) is 17.4 Å². The van der Waals surface area contributed by atoms with E-state index in [0.29, 0.717) is 17.3 Å². The summed E-state index contributed by atoms with van der Waals surface area (Å²) in [5, 5.41) is 3.34. The van der Waals surface area contributed by atoms with E-state index < -0.39 is 0 Å². The topological polar surface area (TPSA) is 64.3 Å². The smallest absolute Gasteiger partial charge is 0.340 e. The van der Waals surface area contributed by atoms with Gasteiger partial charge in [0.15, 0.2) is 0 Å². The van der Waals surface area contributed by atoms with Crippen LogP contribution in [0.25, 0.3) is 0 Å². The summed E-state index contributed by atoms with van der Waals surface area (Å²) in [6.07, 6.45) is 1.05. The van der Waals surface area contributed by atoms with Gasteiger partial charge in [-0.1, -0.05) is 6.92 Å². The molecule has 4 nitrogen and oxygen atoms in total. The average molecular weight is 282 g/mol. The molecule has 1 atom stereocenters. The number of benzene rings is 1. The Kier molecular flexibility index (Phi) is 6.56. The van der Waals surface area contributed by atoms with Gasteiger partial charge in [-0.05, 0) is 43.0 Å². The van der Waals surface area contributed by atoms with Gasteiger partial charge in [-0.3, -0.25) is 0 Å². The molecule has 1 rings (SSSR count). The van der Waals surface area contributed by atoms with E-state index in [9.17, 15) is 4.79 Å². The SMILES string of the molecule is CCSCCC(C)Nc1ccc(N)cc1C(=O)OC. The maximum absolute atomic E-state index is 11.7. The Bertz CT molecular complexity index is 424. The monoisotopic (exact) mass is 282 g/mol. The number of carbonyl (C=O) groups is 1. The van der Waals surface area contributed by atoms with Crippen molar-refractivity contribution < 1.29 is 9.53 Å². The minimum atomic E-state index is -0.370. The average Bonchev–Trinajstić information content (AvgIpc) is 2.40. The highest BCUT2D eigenvalue weighted by Gasteiger charge is 2.13. The van der Waals surface area contributed by atoms with E-state index in [-0.39, 0.29) is 5.97 Å². The molecule has 0 saturated carbocycles. The fourth-order valence-electron chi connectivity index (χ4n) is 1.71. The highest BCUT2D eigenvalue weighted by molar-refractivity contribution is 7.99. The number of nitrogens with one attached hydrogen (secondary N) is 1. The van der Waals surface area contributed by atoms with Crippen molar-refractivity contribution in [3.63, 3.8) is 0 Å². The standard InChI is InChI=1S/C14H22N2O2S/c1-4-19-8-7-10(2)16-13-6-5-11(15)9-12(13)14(17)18-3/h5-6,9-10,16H,4,7-8,15H2,1-3H3. The number of methoxy groups -OCH3 is 1. The van der Waals surface area contributed by atoms with Gasteiger partial charge in [0.05, 0.1) is 12.7 Å². The zero-order valence-corrected chi connectivity index (χ0v) is 12.5. The van der Waals surface area contributed by atoms with E-state index >= 15 is 0 Å². The maximum atomic E-state index is 11.7. The highest BCUT2D eigenvalue weighted by atomic mass is 32.2. The van der Waals surface area contributed by atoms with Gasteiger partial charge in [0.25, 0.3) is 0 Å². The minimum absolute atomic E-state index is 0.297. The normalized spacial score (nSPS) is 11.9. The number of hydrogen-bond donors (Lipinski definition) is 2. The third-order valence-electron chi connectivity index (χ3n) is 2.75. The quantitative estimate of drug-likeness (QED) is 0.457. The molecule has 106 valence electrons. The molecule has 0 amide bonds. The minimum Gasteiger partial charge on any atom is -0.465 e. The van der Waals surface area contributed by atoms with E-state index in [1.54, 1.807) is 12.1 Å². The molecule has 0 aliphatic carbocycles. The van der Waals surface area contributed by atoms with Gasteiger partial charge >= 0.3 is 5.97 Å². The molecule has 0 aliphatic heterocycles. The highest BCUT2D eigenvalue weighted by Crippen LogP contribution is 2.21. The molecule has 1 aromatic carbocycles. The molecule has 0 fully saturated rings. The summed E-state index contributed by atoms with van der Waals surface area (Å²) >= 11 is 1.91. The Morgan fingerprint density at radius 2 is 2.26 bits per heavy atom. The summed E-state index contributed by atoms with van der Waals surface area (Å²) < 4.78 is 4.77. The Hall–Kier alpha value is -1.36. The van der Waals surface area contributed by atoms with Crippen molar-refractivity contribution in [1.82, 2.24) is 0 Å². The lowest BCUT2D eigenvalue weighted by atomic mass is 10.1. The van der Waals surface area contributed by atoms with Gasteiger partial charge in [0.1, 0.15) is 0 Å². The molecule has 0 bridgehead atoms. The van der Waals surface area contributed by atoms with Crippen LogP contribution in [0.3, 0.4) is 0 Å². The zero-order chi connectivity index (χ0) is 14.3. The second-order valence-electron chi connectivity index (χ2n) is 4.33. The number of rotatable bonds is 7. The molecular weight excluding hydrogens is 260 g/mol. The summed E-state index contributed by atoms with van der Waals surface area (Å²) in [6, 6.07) is 5.54. The second-order valence-corrected chi connectivity index (χ2v) is 5.72. The van der Waals surface area contributed by atoms with Gasteiger partial charge in [0.2, 0.25) is 0 Å². The summed E-state index contributed by atoms with van der Waals surface area (Å²) in [7, 11) is 1.37. The van der Waals surface area contributed by atoms with E-state index in [1.165, 1.54) is 7.11 Å². The molecule has 0 aromatic heterocycles. The zero-order valence-electron chi connectivity index (χ0n) is 11.7. The summed E-state index contributed by atoms with van der Waals surface area (Å²) in [5.74, 6) is 1.86. The number of carbonyl (C=O) groups excluding carboxylic acids is 1. The van der Waals surface area contributed by atoms with Crippen molar-refractivity contribution in [2.75, 3.05) is 29.7 Å². The third-order valence-corrected chi connectivity index (χ3v) is 3.68. The summed E-state index contributed by atoms with van der Waals surface area (Å²) in [4.78, 5) is 11.7. The summed E-state index contributed by atoms with van der Waals surface area (Å²) in [6.45, 7) is 4.26. The Balaban J connectivity index is 2.74. The fourth-order valence-corrected chi connectivity index (χ4v) is 2.52. The Morgan fingerprint density at radius 3 is 2.89 bits per heavy atom. The molecule has 0 spiro atoms. The van der Waals surface area contributed by atoms with Gasteiger partial charge in [-0.25, -0.2) is 4.79 Å². The van der Waals surface area contributed by atoms with Crippen molar-refractivity contribution in [2.45, 2.75) is 26.3 Å². The van der Waals surface area contributed by atoms with Crippen LogP contribution in [0.2, 0.25) is 0 Å². The van der Waals surface area contributed by atoms with Gasteiger partial charge in [-0.2, -0.15) is 11.8 Å². The number of nitrogens with two attached hydrogens (primary N) is 1. The predicted octanol–water partition coefficient (Wildman–Crippen LogP) is 3.00. The van der Waals surface area contributed by atoms with Crippen molar-refractivity contribution >= 4 is 29.1 Å². The lowest BCUT2D eigenvalue weighted by Gasteiger charge is -2.17. The van der Waals surface area contributed by atoms with Crippen LogP contribution in [0.5, 0.6) is 0 Å². The number of nitrogen functional groups attached to an aromatic ring is 1. The van der Waals surface area contributed by atoms with E-state index in [1.807, 2.05) is 17.8 Å². The van der Waals surface area contributed by atoms with Crippen molar-refractivity contribution in [1.29, 1.82) is 0 Å². The second kappa shape index (κ2) is 7.94.